The molecule has 0 aliphatic carbocycles. The average Bonchev–Trinajstić information content (AvgIpc) is 2.13. The lowest BCUT2D eigenvalue weighted by atomic mass is 10.00. The predicted octanol–water partition coefficient (Wildman–Crippen LogP) is 1.91. The van der Waals surface area contributed by atoms with Gasteiger partial charge in [-0.15, -0.1) is 0 Å². The van der Waals surface area contributed by atoms with Gasteiger partial charge in [0.25, 0.3) is 0 Å². The van der Waals surface area contributed by atoms with Gasteiger partial charge in [-0.05, 0) is 32.7 Å². The third-order valence-electron chi connectivity index (χ3n) is 2.81. The van der Waals surface area contributed by atoms with Gasteiger partial charge in [0.05, 0.1) is 0 Å². The highest BCUT2D eigenvalue weighted by Crippen LogP contribution is 2.11. The maximum atomic E-state index is 3.63. The predicted molar refractivity (Wildman–Crippen MR) is 58.0 cm³/mol. The standard InChI is InChI=1S/C11H24N2/c1-3-4-8-12-9-11-7-5-6-10(2)13-11/h10-13H,3-9H2,1-2H3. The molecule has 0 aromatic rings. The number of hydrogen-bond acceptors (Lipinski definition) is 2. The van der Waals surface area contributed by atoms with E-state index < -0.39 is 0 Å². The van der Waals surface area contributed by atoms with Crippen LogP contribution in [0.2, 0.25) is 0 Å². The van der Waals surface area contributed by atoms with Gasteiger partial charge < -0.3 is 10.6 Å². The Morgan fingerprint density at radius 3 is 2.92 bits per heavy atom. The fourth-order valence-electron chi connectivity index (χ4n) is 1.98. The Hall–Kier alpha value is -0.0800. The van der Waals surface area contributed by atoms with Crippen molar-refractivity contribution >= 4 is 0 Å². The molecule has 1 saturated heterocycles. The minimum Gasteiger partial charge on any atom is -0.315 e. The van der Waals surface area contributed by atoms with E-state index in [1.54, 1.807) is 0 Å². The molecule has 2 nitrogen and oxygen atoms in total. The molecule has 1 aliphatic heterocycles. The second-order valence-electron chi connectivity index (χ2n) is 4.25. The third-order valence-corrected chi connectivity index (χ3v) is 2.81. The number of unbranched alkanes of at least 4 members (excludes halogenated alkanes) is 1. The molecule has 78 valence electrons. The SMILES string of the molecule is CCCCNCC1CCCC(C)N1. The Bertz CT molecular complexity index is 125. The van der Waals surface area contributed by atoms with Crippen molar-refractivity contribution in [1.29, 1.82) is 0 Å². The molecule has 0 saturated carbocycles. The summed E-state index contributed by atoms with van der Waals surface area (Å²) in [5.41, 5.74) is 0. The van der Waals surface area contributed by atoms with E-state index in [0.717, 1.165) is 18.6 Å². The van der Waals surface area contributed by atoms with E-state index in [9.17, 15) is 0 Å². The minimum atomic E-state index is 0.723. The number of nitrogens with one attached hydrogen (secondary N) is 2. The Kier molecular flexibility index (Phi) is 5.40. The van der Waals surface area contributed by atoms with Crippen LogP contribution in [0.4, 0.5) is 0 Å². The van der Waals surface area contributed by atoms with E-state index in [2.05, 4.69) is 24.5 Å². The molecule has 0 spiro atoms. The summed E-state index contributed by atoms with van der Waals surface area (Å²) in [6, 6.07) is 1.45. The second kappa shape index (κ2) is 6.39. The second-order valence-corrected chi connectivity index (χ2v) is 4.25. The molecule has 0 bridgehead atoms. The van der Waals surface area contributed by atoms with Crippen LogP contribution in [-0.2, 0) is 0 Å². The minimum absolute atomic E-state index is 0.723. The largest absolute Gasteiger partial charge is 0.315 e. The first kappa shape index (κ1) is 11.0. The van der Waals surface area contributed by atoms with Crippen LogP contribution in [0.1, 0.15) is 46.0 Å². The van der Waals surface area contributed by atoms with Crippen LogP contribution in [0, 0.1) is 0 Å². The first-order chi connectivity index (χ1) is 6.33. The molecular weight excluding hydrogens is 160 g/mol. The quantitative estimate of drug-likeness (QED) is 0.638. The van der Waals surface area contributed by atoms with Gasteiger partial charge in [0.1, 0.15) is 0 Å². The molecule has 2 unspecified atom stereocenters. The Morgan fingerprint density at radius 1 is 1.38 bits per heavy atom. The lowest BCUT2D eigenvalue weighted by Crippen LogP contribution is -2.46. The molecular formula is C11H24N2. The summed E-state index contributed by atoms with van der Waals surface area (Å²) in [4.78, 5) is 0. The molecule has 0 radical (unpaired) electrons. The van der Waals surface area contributed by atoms with Gasteiger partial charge in [0.15, 0.2) is 0 Å². The van der Waals surface area contributed by atoms with E-state index in [1.807, 2.05) is 0 Å². The van der Waals surface area contributed by atoms with Crippen molar-refractivity contribution in [3.8, 4) is 0 Å². The van der Waals surface area contributed by atoms with E-state index >= 15 is 0 Å². The molecule has 2 N–H and O–H groups in total. The molecule has 2 atom stereocenters. The normalized spacial score (nSPS) is 29.1. The monoisotopic (exact) mass is 184 g/mol. The summed E-state index contributed by atoms with van der Waals surface area (Å²) in [6.07, 6.45) is 6.70. The zero-order valence-electron chi connectivity index (χ0n) is 9.10. The highest BCUT2D eigenvalue weighted by molar-refractivity contribution is 4.79. The summed E-state index contributed by atoms with van der Waals surface area (Å²) in [7, 11) is 0. The zero-order valence-corrected chi connectivity index (χ0v) is 9.10. The molecule has 13 heavy (non-hydrogen) atoms. The maximum absolute atomic E-state index is 3.63. The van der Waals surface area contributed by atoms with Gasteiger partial charge in [0, 0.05) is 18.6 Å². The summed E-state index contributed by atoms with van der Waals surface area (Å²) >= 11 is 0. The smallest absolute Gasteiger partial charge is 0.0194 e. The lowest BCUT2D eigenvalue weighted by molar-refractivity contribution is 0.324. The van der Waals surface area contributed by atoms with Gasteiger partial charge in [-0.3, -0.25) is 0 Å². The van der Waals surface area contributed by atoms with Crippen LogP contribution < -0.4 is 10.6 Å². The van der Waals surface area contributed by atoms with Gasteiger partial charge in [-0.1, -0.05) is 19.8 Å². The van der Waals surface area contributed by atoms with Crippen molar-refractivity contribution in [1.82, 2.24) is 10.6 Å². The topological polar surface area (TPSA) is 24.1 Å². The van der Waals surface area contributed by atoms with Crippen LogP contribution in [0.3, 0.4) is 0 Å². The van der Waals surface area contributed by atoms with E-state index in [0.29, 0.717) is 0 Å². The summed E-state index contributed by atoms with van der Waals surface area (Å²) in [6.45, 7) is 6.87. The van der Waals surface area contributed by atoms with E-state index in [-0.39, 0.29) is 0 Å². The first-order valence-electron chi connectivity index (χ1n) is 5.79. The molecule has 1 heterocycles. The first-order valence-corrected chi connectivity index (χ1v) is 5.79. The molecule has 0 aromatic heterocycles. The van der Waals surface area contributed by atoms with Crippen molar-refractivity contribution in [2.45, 2.75) is 58.0 Å². The van der Waals surface area contributed by atoms with Gasteiger partial charge in [-0.2, -0.15) is 0 Å². The lowest BCUT2D eigenvalue weighted by Gasteiger charge is -2.28. The summed E-state index contributed by atoms with van der Waals surface area (Å²) < 4.78 is 0. The molecule has 1 fully saturated rings. The molecule has 0 amide bonds. The van der Waals surface area contributed by atoms with Crippen molar-refractivity contribution in [3.05, 3.63) is 0 Å². The van der Waals surface area contributed by atoms with E-state index in [4.69, 9.17) is 0 Å². The average molecular weight is 184 g/mol. The molecule has 1 rings (SSSR count). The van der Waals surface area contributed by atoms with E-state index in [1.165, 1.54) is 38.6 Å². The van der Waals surface area contributed by atoms with Gasteiger partial charge in [-0.25, -0.2) is 0 Å². The third kappa shape index (κ3) is 4.63. The van der Waals surface area contributed by atoms with Crippen LogP contribution in [0.5, 0.6) is 0 Å². The molecule has 1 aliphatic rings. The number of hydrogen-bond donors (Lipinski definition) is 2. The maximum Gasteiger partial charge on any atom is 0.0194 e. The highest BCUT2D eigenvalue weighted by Gasteiger charge is 2.16. The number of piperidine rings is 1. The fraction of sp³-hybridized carbons (Fsp3) is 1.00. The van der Waals surface area contributed by atoms with Gasteiger partial charge >= 0.3 is 0 Å². The number of rotatable bonds is 5. The zero-order chi connectivity index (χ0) is 9.52. The highest BCUT2D eigenvalue weighted by atomic mass is 15.0. The Labute approximate surface area is 82.5 Å². The summed E-state index contributed by atoms with van der Waals surface area (Å²) in [5, 5.41) is 7.14. The van der Waals surface area contributed by atoms with Crippen LogP contribution in [-0.4, -0.2) is 25.2 Å². The Morgan fingerprint density at radius 2 is 2.23 bits per heavy atom. The Balaban J connectivity index is 2.00. The summed E-state index contributed by atoms with van der Waals surface area (Å²) in [5.74, 6) is 0. The molecule has 0 aromatic carbocycles. The van der Waals surface area contributed by atoms with Crippen molar-refractivity contribution in [3.63, 3.8) is 0 Å². The van der Waals surface area contributed by atoms with Crippen LogP contribution >= 0.6 is 0 Å². The van der Waals surface area contributed by atoms with Crippen LogP contribution in [0.25, 0.3) is 0 Å². The van der Waals surface area contributed by atoms with Crippen molar-refractivity contribution in [2.24, 2.45) is 0 Å². The van der Waals surface area contributed by atoms with Crippen molar-refractivity contribution in [2.75, 3.05) is 13.1 Å². The van der Waals surface area contributed by atoms with Gasteiger partial charge in [0.2, 0.25) is 0 Å². The van der Waals surface area contributed by atoms with Crippen molar-refractivity contribution < 1.29 is 0 Å². The van der Waals surface area contributed by atoms with Crippen LogP contribution in [0.15, 0.2) is 0 Å². The fourth-order valence-corrected chi connectivity index (χ4v) is 1.98. The molecule has 2 heteroatoms.